The van der Waals surface area contributed by atoms with Crippen molar-refractivity contribution in [2.24, 2.45) is 5.41 Å². The number of hydrogen-bond donors (Lipinski definition) is 1. The zero-order valence-corrected chi connectivity index (χ0v) is 13.7. The minimum absolute atomic E-state index is 0.0617. The number of halogens is 3. The summed E-state index contributed by atoms with van der Waals surface area (Å²) in [5.41, 5.74) is -0.412. The van der Waals surface area contributed by atoms with Gasteiger partial charge in [-0.3, -0.25) is 14.4 Å². The van der Waals surface area contributed by atoms with Crippen LogP contribution in [0.25, 0.3) is 0 Å². The van der Waals surface area contributed by atoms with E-state index in [1.54, 1.807) is 6.92 Å². The first-order chi connectivity index (χ1) is 11.2. The third-order valence-corrected chi connectivity index (χ3v) is 5.27. The minimum Gasteiger partial charge on any atom is -0.354 e. The van der Waals surface area contributed by atoms with Gasteiger partial charge in [-0.05, 0) is 39.0 Å². The van der Waals surface area contributed by atoms with Gasteiger partial charge >= 0.3 is 12.1 Å². The Morgan fingerprint density at radius 2 is 1.79 bits per heavy atom. The molecule has 1 atom stereocenters. The number of hydrogen-bond acceptors (Lipinski definition) is 3. The predicted octanol–water partition coefficient (Wildman–Crippen LogP) is 2.20. The van der Waals surface area contributed by atoms with E-state index in [1.807, 2.05) is 0 Å². The van der Waals surface area contributed by atoms with Gasteiger partial charge in [0.15, 0.2) is 0 Å². The number of carbonyl (C=O) groups excluding carboxylic acids is 3. The summed E-state index contributed by atoms with van der Waals surface area (Å²) in [5.74, 6) is -2.43. The van der Waals surface area contributed by atoms with E-state index in [1.165, 1.54) is 0 Å². The van der Waals surface area contributed by atoms with Gasteiger partial charge in [0, 0.05) is 18.5 Å². The van der Waals surface area contributed by atoms with E-state index >= 15 is 0 Å². The van der Waals surface area contributed by atoms with Gasteiger partial charge in [0.05, 0.1) is 0 Å². The van der Waals surface area contributed by atoms with Crippen molar-refractivity contribution in [3.63, 3.8) is 0 Å². The van der Waals surface area contributed by atoms with Crippen molar-refractivity contribution >= 4 is 17.6 Å². The molecule has 0 bridgehead atoms. The Labute approximate surface area is 138 Å². The predicted molar refractivity (Wildman–Crippen MR) is 80.0 cm³/mol. The second kappa shape index (κ2) is 7.11. The number of ketones is 1. The molecular weight excluding hydrogens is 325 g/mol. The highest BCUT2D eigenvalue weighted by atomic mass is 19.4. The molecule has 0 aromatic heterocycles. The molecule has 5 nitrogen and oxygen atoms in total. The van der Waals surface area contributed by atoms with Crippen LogP contribution in [0.3, 0.4) is 0 Å². The zero-order valence-electron chi connectivity index (χ0n) is 13.7. The Balaban J connectivity index is 1.90. The van der Waals surface area contributed by atoms with Crippen molar-refractivity contribution in [2.45, 2.75) is 64.1 Å². The molecule has 1 N–H and O–H groups in total. The van der Waals surface area contributed by atoms with Crippen molar-refractivity contribution in [3.05, 3.63) is 0 Å². The Kier molecular flexibility index (Phi) is 5.55. The van der Waals surface area contributed by atoms with Crippen LogP contribution in [0.2, 0.25) is 0 Å². The van der Waals surface area contributed by atoms with E-state index < -0.39 is 29.4 Å². The first kappa shape index (κ1) is 18.7. The first-order valence-corrected chi connectivity index (χ1v) is 8.34. The minimum atomic E-state index is -4.97. The molecule has 0 aromatic carbocycles. The monoisotopic (exact) mass is 348 g/mol. The van der Waals surface area contributed by atoms with E-state index in [9.17, 15) is 27.6 Å². The van der Waals surface area contributed by atoms with Crippen molar-refractivity contribution in [1.82, 2.24) is 10.2 Å². The number of carbonyl (C=O) groups is 3. The van der Waals surface area contributed by atoms with Gasteiger partial charge in [-0.25, -0.2) is 0 Å². The second-order valence-electron chi connectivity index (χ2n) is 6.74. The molecule has 2 rings (SSSR count). The molecule has 1 heterocycles. The molecule has 136 valence electrons. The third-order valence-electron chi connectivity index (χ3n) is 5.27. The van der Waals surface area contributed by atoms with E-state index in [0.717, 1.165) is 25.7 Å². The van der Waals surface area contributed by atoms with Crippen LogP contribution in [-0.4, -0.2) is 47.8 Å². The fraction of sp³-hybridized carbons (Fsp3) is 0.812. The van der Waals surface area contributed by atoms with Gasteiger partial charge in [-0.2, -0.15) is 13.2 Å². The van der Waals surface area contributed by atoms with Crippen molar-refractivity contribution < 1.29 is 27.6 Å². The number of Topliss-reactive ketones (excluding diaryl/α,β-unsaturated/α-hetero) is 1. The molecule has 8 heteroatoms. The summed E-state index contributed by atoms with van der Waals surface area (Å²) in [6, 6.07) is -1.07. The zero-order chi connectivity index (χ0) is 18.0. The summed E-state index contributed by atoms with van der Waals surface area (Å²) in [5, 5.41) is 2.62. The van der Waals surface area contributed by atoms with Gasteiger partial charge in [0.2, 0.25) is 5.91 Å². The average molecular weight is 348 g/mol. The van der Waals surface area contributed by atoms with Crippen LogP contribution in [0.15, 0.2) is 0 Å². The Morgan fingerprint density at radius 1 is 1.17 bits per heavy atom. The van der Waals surface area contributed by atoms with E-state index in [2.05, 4.69) is 5.32 Å². The lowest BCUT2D eigenvalue weighted by Crippen LogP contribution is -2.50. The lowest BCUT2D eigenvalue weighted by molar-refractivity contribution is -0.186. The SMILES string of the molecule is CC(=O)C1(CCNC(=O)C2CCCN2C(=O)C(F)(F)F)CCCC1. The number of alkyl halides is 3. The summed E-state index contributed by atoms with van der Waals surface area (Å²) in [7, 11) is 0. The van der Waals surface area contributed by atoms with Crippen LogP contribution < -0.4 is 5.32 Å². The average Bonchev–Trinajstić information content (AvgIpc) is 3.15. The normalized spacial score (nSPS) is 23.3. The van der Waals surface area contributed by atoms with Gasteiger partial charge in [-0.1, -0.05) is 12.8 Å². The summed E-state index contributed by atoms with van der Waals surface area (Å²) in [6.45, 7) is 1.73. The van der Waals surface area contributed by atoms with Crippen molar-refractivity contribution in [3.8, 4) is 0 Å². The van der Waals surface area contributed by atoms with Gasteiger partial charge in [0.1, 0.15) is 11.8 Å². The lowest BCUT2D eigenvalue weighted by Gasteiger charge is -2.27. The maximum atomic E-state index is 12.6. The van der Waals surface area contributed by atoms with Gasteiger partial charge < -0.3 is 10.2 Å². The number of nitrogens with zero attached hydrogens (tertiary/aromatic N) is 1. The fourth-order valence-electron chi connectivity index (χ4n) is 3.82. The Bertz CT molecular complexity index is 513. The van der Waals surface area contributed by atoms with Gasteiger partial charge in [-0.15, -0.1) is 0 Å². The van der Waals surface area contributed by atoms with Crippen LogP contribution in [-0.2, 0) is 14.4 Å². The molecule has 0 aromatic rings. The molecule has 1 saturated carbocycles. The molecule has 2 aliphatic rings. The molecule has 24 heavy (non-hydrogen) atoms. The number of nitrogens with one attached hydrogen (secondary N) is 1. The maximum absolute atomic E-state index is 12.6. The van der Waals surface area contributed by atoms with E-state index in [-0.39, 0.29) is 25.3 Å². The number of amides is 2. The molecule has 2 amide bonds. The highest BCUT2D eigenvalue weighted by Crippen LogP contribution is 2.41. The second-order valence-corrected chi connectivity index (χ2v) is 6.74. The van der Waals surface area contributed by atoms with Crippen molar-refractivity contribution in [1.29, 1.82) is 0 Å². The van der Waals surface area contributed by atoms with Crippen LogP contribution in [0.4, 0.5) is 13.2 Å². The lowest BCUT2D eigenvalue weighted by atomic mass is 9.79. The summed E-state index contributed by atoms with van der Waals surface area (Å²) in [6.07, 6.45) is -0.336. The Hall–Kier alpha value is -1.60. The Morgan fingerprint density at radius 3 is 2.33 bits per heavy atom. The molecule has 1 saturated heterocycles. The standard InChI is InChI=1S/C16H23F3N2O3/c1-11(22)15(6-2-3-7-15)8-9-20-13(23)12-5-4-10-21(12)14(24)16(17,18)19/h12H,2-10H2,1H3,(H,20,23). The maximum Gasteiger partial charge on any atom is 0.471 e. The summed E-state index contributed by atoms with van der Waals surface area (Å²) in [4.78, 5) is 36.0. The quantitative estimate of drug-likeness (QED) is 0.828. The molecule has 1 unspecified atom stereocenters. The third kappa shape index (κ3) is 3.89. The molecule has 1 aliphatic heterocycles. The van der Waals surface area contributed by atoms with Crippen LogP contribution in [0.1, 0.15) is 51.9 Å². The first-order valence-electron chi connectivity index (χ1n) is 8.34. The molecule has 0 radical (unpaired) electrons. The smallest absolute Gasteiger partial charge is 0.354 e. The molecule has 1 aliphatic carbocycles. The molecule has 2 fully saturated rings. The number of rotatable bonds is 5. The van der Waals surface area contributed by atoms with Crippen LogP contribution in [0.5, 0.6) is 0 Å². The largest absolute Gasteiger partial charge is 0.471 e. The van der Waals surface area contributed by atoms with E-state index in [4.69, 9.17) is 0 Å². The van der Waals surface area contributed by atoms with Crippen molar-refractivity contribution in [2.75, 3.05) is 13.1 Å². The summed E-state index contributed by atoms with van der Waals surface area (Å²) >= 11 is 0. The summed E-state index contributed by atoms with van der Waals surface area (Å²) < 4.78 is 37.7. The van der Waals surface area contributed by atoms with E-state index in [0.29, 0.717) is 17.7 Å². The van der Waals surface area contributed by atoms with Crippen LogP contribution >= 0.6 is 0 Å². The highest BCUT2D eigenvalue weighted by Gasteiger charge is 2.47. The van der Waals surface area contributed by atoms with Gasteiger partial charge in [0.25, 0.3) is 0 Å². The van der Waals surface area contributed by atoms with Crippen LogP contribution in [0, 0.1) is 5.41 Å². The topological polar surface area (TPSA) is 66.5 Å². The molecule has 0 spiro atoms. The number of likely N-dealkylation sites (tertiary alicyclic amines) is 1. The molecular formula is C16H23F3N2O3. The highest BCUT2D eigenvalue weighted by molar-refractivity contribution is 5.90. The fourth-order valence-corrected chi connectivity index (χ4v) is 3.82.